The molecule has 1 aliphatic rings. The highest BCUT2D eigenvalue weighted by Crippen LogP contribution is 2.24. The van der Waals surface area contributed by atoms with Crippen LogP contribution in [0.2, 0.25) is 0 Å². The van der Waals surface area contributed by atoms with E-state index >= 15 is 0 Å². The molecule has 0 heterocycles. The summed E-state index contributed by atoms with van der Waals surface area (Å²) in [5.41, 5.74) is 5.34. The third kappa shape index (κ3) is 3.75. The zero-order valence-corrected chi connectivity index (χ0v) is 10.4. The van der Waals surface area contributed by atoms with E-state index < -0.39 is 21.5 Å². The maximum atomic E-state index is 11.8. The van der Waals surface area contributed by atoms with Gasteiger partial charge in [-0.15, -0.1) is 0 Å². The Morgan fingerprint density at radius 3 is 2.50 bits per heavy atom. The van der Waals surface area contributed by atoms with Crippen molar-refractivity contribution in [3.8, 4) is 0 Å². The Morgan fingerprint density at radius 1 is 1.44 bits per heavy atom. The van der Waals surface area contributed by atoms with Crippen LogP contribution in [0.1, 0.15) is 32.6 Å². The van der Waals surface area contributed by atoms with E-state index in [-0.39, 0.29) is 11.3 Å². The van der Waals surface area contributed by atoms with Crippen molar-refractivity contribution in [2.75, 3.05) is 12.3 Å². The molecule has 5 nitrogen and oxygen atoms in total. The van der Waals surface area contributed by atoms with Gasteiger partial charge in [-0.3, -0.25) is 4.79 Å². The molecule has 1 fully saturated rings. The summed E-state index contributed by atoms with van der Waals surface area (Å²) in [7, 11) is -3.27. The number of carbonyl (C=O) groups excluding carboxylic acids is 1. The number of hydrogen-bond donors (Lipinski definition) is 2. The summed E-state index contributed by atoms with van der Waals surface area (Å²) in [6.07, 6.45) is 3.29. The van der Waals surface area contributed by atoms with Crippen LogP contribution in [0.15, 0.2) is 0 Å². The Hall–Kier alpha value is -0.620. The molecule has 1 amide bonds. The van der Waals surface area contributed by atoms with E-state index in [0.717, 1.165) is 12.8 Å². The molecule has 1 rings (SSSR count). The van der Waals surface area contributed by atoms with E-state index in [1.807, 2.05) is 0 Å². The standard InChI is InChI=1S/C10H20N2O3S/c1-8(6-11)12-10(13)7-16(14,15)9-4-2-3-5-9/h8-9H,2-7,11H2,1H3,(H,12,13)/t8-/m0/s1. The van der Waals surface area contributed by atoms with Gasteiger partial charge in [0.1, 0.15) is 5.75 Å². The Bertz CT molecular complexity index is 334. The highest BCUT2D eigenvalue weighted by Gasteiger charge is 2.30. The van der Waals surface area contributed by atoms with Gasteiger partial charge in [0.15, 0.2) is 9.84 Å². The second-order valence-electron chi connectivity index (χ2n) is 4.42. The predicted molar refractivity (Wildman–Crippen MR) is 62.7 cm³/mol. The SMILES string of the molecule is C[C@@H](CN)NC(=O)CS(=O)(=O)C1CCCC1. The molecule has 1 aliphatic carbocycles. The van der Waals surface area contributed by atoms with Gasteiger partial charge in [-0.05, 0) is 19.8 Å². The lowest BCUT2D eigenvalue weighted by Gasteiger charge is -2.14. The normalized spacial score (nSPS) is 19.6. The maximum absolute atomic E-state index is 11.8. The number of rotatable bonds is 5. The smallest absolute Gasteiger partial charge is 0.235 e. The molecule has 0 unspecified atom stereocenters. The number of carbonyl (C=O) groups is 1. The topological polar surface area (TPSA) is 89.3 Å². The number of sulfone groups is 1. The molecule has 0 bridgehead atoms. The van der Waals surface area contributed by atoms with Gasteiger partial charge >= 0.3 is 0 Å². The Labute approximate surface area is 96.7 Å². The molecule has 0 aromatic rings. The molecule has 0 aromatic heterocycles. The van der Waals surface area contributed by atoms with Crippen LogP contribution in [-0.4, -0.2) is 37.9 Å². The summed E-state index contributed by atoms with van der Waals surface area (Å²) in [5, 5.41) is 2.25. The maximum Gasteiger partial charge on any atom is 0.235 e. The van der Waals surface area contributed by atoms with E-state index in [1.54, 1.807) is 6.92 Å². The van der Waals surface area contributed by atoms with Gasteiger partial charge < -0.3 is 11.1 Å². The van der Waals surface area contributed by atoms with Crippen LogP contribution in [0.25, 0.3) is 0 Å². The van der Waals surface area contributed by atoms with Crippen molar-refractivity contribution in [3.63, 3.8) is 0 Å². The van der Waals surface area contributed by atoms with Gasteiger partial charge in [0.05, 0.1) is 5.25 Å². The summed E-state index contributed by atoms with van der Waals surface area (Å²) in [4.78, 5) is 11.4. The van der Waals surface area contributed by atoms with Crippen LogP contribution in [0, 0.1) is 0 Å². The molecule has 94 valence electrons. The first-order chi connectivity index (χ1) is 7.45. The van der Waals surface area contributed by atoms with Crippen LogP contribution in [0.5, 0.6) is 0 Å². The first-order valence-corrected chi connectivity index (χ1v) is 7.38. The molecular formula is C10H20N2O3S. The molecule has 3 N–H and O–H groups in total. The zero-order valence-electron chi connectivity index (χ0n) is 9.61. The van der Waals surface area contributed by atoms with Crippen molar-refractivity contribution >= 4 is 15.7 Å². The monoisotopic (exact) mass is 248 g/mol. The lowest BCUT2D eigenvalue weighted by atomic mass is 10.3. The predicted octanol–water partition coefficient (Wildman–Crippen LogP) is -0.193. The summed E-state index contributed by atoms with van der Waals surface area (Å²) in [5.74, 6) is -0.841. The van der Waals surface area contributed by atoms with Crippen molar-refractivity contribution in [2.45, 2.75) is 43.9 Å². The van der Waals surface area contributed by atoms with Crippen molar-refractivity contribution in [3.05, 3.63) is 0 Å². The van der Waals surface area contributed by atoms with E-state index in [2.05, 4.69) is 5.32 Å². The molecule has 0 radical (unpaired) electrons. The average molecular weight is 248 g/mol. The van der Waals surface area contributed by atoms with Gasteiger partial charge in [-0.25, -0.2) is 8.42 Å². The zero-order chi connectivity index (χ0) is 12.2. The van der Waals surface area contributed by atoms with Crippen LogP contribution in [0.4, 0.5) is 0 Å². The van der Waals surface area contributed by atoms with Gasteiger partial charge in [0.2, 0.25) is 5.91 Å². The van der Waals surface area contributed by atoms with Crippen LogP contribution >= 0.6 is 0 Å². The van der Waals surface area contributed by atoms with E-state index in [9.17, 15) is 13.2 Å². The minimum atomic E-state index is -3.27. The van der Waals surface area contributed by atoms with Crippen LogP contribution in [0.3, 0.4) is 0 Å². The largest absolute Gasteiger partial charge is 0.351 e. The number of amides is 1. The molecule has 1 atom stereocenters. The average Bonchev–Trinajstić information content (AvgIpc) is 2.69. The molecule has 0 saturated heterocycles. The minimum absolute atomic E-state index is 0.175. The summed E-state index contributed by atoms with van der Waals surface area (Å²) >= 11 is 0. The molecule has 6 heteroatoms. The highest BCUT2D eigenvalue weighted by molar-refractivity contribution is 7.92. The lowest BCUT2D eigenvalue weighted by molar-refractivity contribution is -0.119. The highest BCUT2D eigenvalue weighted by atomic mass is 32.2. The fraction of sp³-hybridized carbons (Fsp3) is 0.900. The third-order valence-electron chi connectivity index (χ3n) is 2.90. The molecular weight excluding hydrogens is 228 g/mol. The van der Waals surface area contributed by atoms with Gasteiger partial charge in [0.25, 0.3) is 0 Å². The van der Waals surface area contributed by atoms with Gasteiger partial charge in [-0.1, -0.05) is 12.8 Å². The quantitative estimate of drug-likeness (QED) is 0.705. The lowest BCUT2D eigenvalue weighted by Crippen LogP contribution is -2.42. The van der Waals surface area contributed by atoms with Gasteiger partial charge in [-0.2, -0.15) is 0 Å². The fourth-order valence-corrected chi connectivity index (χ4v) is 3.66. The Kier molecular flexibility index (Phi) is 4.73. The van der Waals surface area contributed by atoms with Crippen molar-refractivity contribution in [2.24, 2.45) is 5.73 Å². The first-order valence-electron chi connectivity index (χ1n) is 5.66. The molecule has 1 saturated carbocycles. The van der Waals surface area contributed by atoms with E-state index in [1.165, 1.54) is 0 Å². The summed E-state index contributed by atoms with van der Waals surface area (Å²) in [6, 6.07) is -0.175. The van der Waals surface area contributed by atoms with Gasteiger partial charge in [0, 0.05) is 12.6 Å². The fourth-order valence-electron chi connectivity index (χ4n) is 1.92. The first kappa shape index (κ1) is 13.4. The third-order valence-corrected chi connectivity index (χ3v) is 5.05. The molecule has 0 aromatic carbocycles. The second-order valence-corrected chi connectivity index (χ2v) is 6.70. The minimum Gasteiger partial charge on any atom is -0.351 e. The van der Waals surface area contributed by atoms with Crippen LogP contribution in [-0.2, 0) is 14.6 Å². The Morgan fingerprint density at radius 2 is 2.00 bits per heavy atom. The number of hydrogen-bond acceptors (Lipinski definition) is 4. The summed E-state index contributed by atoms with van der Waals surface area (Å²) < 4.78 is 23.6. The Balaban J connectivity index is 2.49. The van der Waals surface area contributed by atoms with E-state index in [0.29, 0.717) is 19.4 Å². The molecule has 16 heavy (non-hydrogen) atoms. The number of nitrogens with one attached hydrogen (secondary N) is 1. The van der Waals surface area contributed by atoms with E-state index in [4.69, 9.17) is 5.73 Å². The van der Waals surface area contributed by atoms with Crippen molar-refractivity contribution in [1.82, 2.24) is 5.32 Å². The summed E-state index contributed by atoms with van der Waals surface area (Å²) in [6.45, 7) is 2.06. The number of nitrogens with two attached hydrogens (primary N) is 1. The van der Waals surface area contributed by atoms with Crippen LogP contribution < -0.4 is 11.1 Å². The molecule has 0 aliphatic heterocycles. The van der Waals surface area contributed by atoms with Crippen molar-refractivity contribution < 1.29 is 13.2 Å². The second kappa shape index (κ2) is 5.63. The molecule has 0 spiro atoms. The van der Waals surface area contributed by atoms with Crippen molar-refractivity contribution in [1.29, 1.82) is 0 Å².